The molecule has 0 saturated carbocycles. The summed E-state index contributed by atoms with van der Waals surface area (Å²) >= 11 is 0. The topological polar surface area (TPSA) is 43.1 Å². The van der Waals surface area contributed by atoms with Crippen molar-refractivity contribution in [1.29, 1.82) is 0 Å². The Balaban J connectivity index is 2.11. The molecule has 3 heteroatoms. The second kappa shape index (κ2) is 4.94. The maximum atomic E-state index is 12.0. The van der Waals surface area contributed by atoms with Crippen molar-refractivity contribution < 1.29 is 4.21 Å². The van der Waals surface area contributed by atoms with Crippen LogP contribution < -0.4 is 5.73 Å². The third-order valence-corrected chi connectivity index (χ3v) is 3.68. The summed E-state index contributed by atoms with van der Waals surface area (Å²) in [4.78, 5) is 0.860. The van der Waals surface area contributed by atoms with E-state index < -0.39 is 10.8 Å². The molecule has 0 saturated heterocycles. The van der Waals surface area contributed by atoms with Crippen LogP contribution in [0.25, 0.3) is 0 Å². The average Bonchev–Trinajstić information content (AvgIpc) is 2.33. The van der Waals surface area contributed by atoms with Gasteiger partial charge < -0.3 is 5.73 Å². The van der Waals surface area contributed by atoms with Gasteiger partial charge >= 0.3 is 0 Å². The van der Waals surface area contributed by atoms with Crippen LogP contribution in [0.5, 0.6) is 0 Å². The first-order valence-corrected chi connectivity index (χ1v) is 6.35. The quantitative estimate of drug-likeness (QED) is 0.825. The van der Waals surface area contributed by atoms with E-state index in [1.54, 1.807) is 0 Å². The van der Waals surface area contributed by atoms with Crippen LogP contribution in [-0.2, 0) is 16.6 Å². The van der Waals surface area contributed by atoms with Gasteiger partial charge in [-0.25, -0.2) is 0 Å². The van der Waals surface area contributed by atoms with Gasteiger partial charge in [0, 0.05) is 10.6 Å². The maximum absolute atomic E-state index is 12.0. The highest BCUT2D eigenvalue weighted by molar-refractivity contribution is 7.84. The van der Waals surface area contributed by atoms with Crippen LogP contribution in [0, 0.1) is 0 Å². The fourth-order valence-corrected chi connectivity index (χ4v) is 2.54. The Morgan fingerprint density at radius 3 is 2.19 bits per heavy atom. The molecule has 0 aliphatic rings. The molecule has 2 nitrogen and oxygen atoms in total. The van der Waals surface area contributed by atoms with Gasteiger partial charge in [-0.3, -0.25) is 4.21 Å². The molecule has 0 bridgehead atoms. The van der Waals surface area contributed by atoms with E-state index in [9.17, 15) is 4.21 Å². The van der Waals surface area contributed by atoms with Gasteiger partial charge in [0.05, 0.1) is 16.6 Å². The Morgan fingerprint density at radius 2 is 1.56 bits per heavy atom. The highest BCUT2D eigenvalue weighted by atomic mass is 32.2. The van der Waals surface area contributed by atoms with Crippen LogP contribution in [0.1, 0.15) is 5.56 Å². The Labute approximate surface area is 97.6 Å². The van der Waals surface area contributed by atoms with Crippen molar-refractivity contribution in [2.45, 2.75) is 10.6 Å². The molecular formula is C13H13NOS. The monoisotopic (exact) mass is 231 g/mol. The van der Waals surface area contributed by atoms with E-state index in [1.165, 1.54) is 0 Å². The first-order chi connectivity index (χ1) is 7.75. The molecule has 0 spiro atoms. The van der Waals surface area contributed by atoms with Crippen molar-refractivity contribution in [2.24, 2.45) is 0 Å². The van der Waals surface area contributed by atoms with E-state index in [-0.39, 0.29) is 0 Å². The predicted molar refractivity (Wildman–Crippen MR) is 67.4 cm³/mol. The SMILES string of the molecule is Nc1ccc(CS(=O)c2ccccc2)cc1. The number of nitrogens with two attached hydrogens (primary N) is 1. The van der Waals surface area contributed by atoms with Gasteiger partial charge in [-0.2, -0.15) is 0 Å². The Hall–Kier alpha value is -1.61. The lowest BCUT2D eigenvalue weighted by atomic mass is 10.2. The van der Waals surface area contributed by atoms with Gasteiger partial charge in [0.1, 0.15) is 0 Å². The number of hydrogen-bond acceptors (Lipinski definition) is 2. The van der Waals surface area contributed by atoms with Crippen molar-refractivity contribution >= 4 is 16.5 Å². The Morgan fingerprint density at radius 1 is 0.938 bits per heavy atom. The van der Waals surface area contributed by atoms with Crippen LogP contribution in [-0.4, -0.2) is 4.21 Å². The van der Waals surface area contributed by atoms with Crippen LogP contribution in [0.4, 0.5) is 5.69 Å². The molecule has 0 aromatic heterocycles. The van der Waals surface area contributed by atoms with Crippen LogP contribution in [0.2, 0.25) is 0 Å². The molecule has 16 heavy (non-hydrogen) atoms. The second-order valence-electron chi connectivity index (χ2n) is 3.54. The summed E-state index contributed by atoms with van der Waals surface area (Å²) in [5.74, 6) is 0.532. The summed E-state index contributed by atoms with van der Waals surface area (Å²) in [5.41, 5.74) is 7.36. The largest absolute Gasteiger partial charge is 0.399 e. The first kappa shape index (κ1) is 10.9. The fourth-order valence-electron chi connectivity index (χ4n) is 1.42. The zero-order valence-electron chi connectivity index (χ0n) is 8.80. The third kappa shape index (κ3) is 2.70. The summed E-state index contributed by atoms with van der Waals surface area (Å²) in [6.07, 6.45) is 0. The van der Waals surface area contributed by atoms with Crippen molar-refractivity contribution in [3.8, 4) is 0 Å². The molecule has 1 unspecified atom stereocenters. The minimum atomic E-state index is -0.982. The van der Waals surface area contributed by atoms with Gasteiger partial charge in [-0.15, -0.1) is 0 Å². The predicted octanol–water partition coefficient (Wildman–Crippen LogP) is 2.58. The first-order valence-electron chi connectivity index (χ1n) is 5.03. The second-order valence-corrected chi connectivity index (χ2v) is 5.00. The van der Waals surface area contributed by atoms with Gasteiger partial charge in [0.15, 0.2) is 0 Å². The lowest BCUT2D eigenvalue weighted by Crippen LogP contribution is -1.96. The van der Waals surface area contributed by atoms with Crippen molar-refractivity contribution in [1.82, 2.24) is 0 Å². The zero-order chi connectivity index (χ0) is 11.4. The summed E-state index contributed by atoms with van der Waals surface area (Å²) in [6, 6.07) is 17.0. The number of benzene rings is 2. The minimum absolute atomic E-state index is 0.532. The van der Waals surface area contributed by atoms with Gasteiger partial charge in [0.25, 0.3) is 0 Å². The molecule has 82 valence electrons. The maximum Gasteiger partial charge on any atom is 0.0574 e. The molecule has 0 radical (unpaired) electrons. The molecule has 2 rings (SSSR count). The van der Waals surface area contributed by atoms with Crippen LogP contribution >= 0.6 is 0 Å². The molecule has 2 aromatic rings. The molecule has 0 fully saturated rings. The highest BCUT2D eigenvalue weighted by Gasteiger charge is 2.03. The van der Waals surface area contributed by atoms with E-state index in [0.717, 1.165) is 16.1 Å². The lowest BCUT2D eigenvalue weighted by Gasteiger charge is -2.02. The fraction of sp³-hybridized carbons (Fsp3) is 0.0769. The smallest absolute Gasteiger partial charge is 0.0574 e. The molecule has 0 aliphatic carbocycles. The molecule has 1 atom stereocenters. The summed E-state index contributed by atoms with van der Waals surface area (Å²) in [6.45, 7) is 0. The van der Waals surface area contributed by atoms with E-state index in [0.29, 0.717) is 5.75 Å². The normalized spacial score (nSPS) is 12.2. The van der Waals surface area contributed by atoms with Gasteiger partial charge in [-0.1, -0.05) is 30.3 Å². The summed E-state index contributed by atoms with van der Waals surface area (Å²) in [7, 11) is -0.982. The standard InChI is InChI=1S/C13H13NOS/c14-12-8-6-11(7-9-12)10-16(15)13-4-2-1-3-5-13/h1-9H,10,14H2. The van der Waals surface area contributed by atoms with Crippen molar-refractivity contribution in [3.05, 3.63) is 60.2 Å². The molecule has 2 N–H and O–H groups in total. The Kier molecular flexibility index (Phi) is 3.37. The lowest BCUT2D eigenvalue weighted by molar-refractivity contribution is 0.682. The summed E-state index contributed by atoms with van der Waals surface area (Å²) in [5, 5.41) is 0. The minimum Gasteiger partial charge on any atom is -0.399 e. The molecule has 0 heterocycles. The number of hydrogen-bond donors (Lipinski definition) is 1. The highest BCUT2D eigenvalue weighted by Crippen LogP contribution is 2.13. The van der Waals surface area contributed by atoms with Gasteiger partial charge in [-0.05, 0) is 29.8 Å². The molecule has 0 aliphatic heterocycles. The number of nitrogen functional groups attached to an aromatic ring is 1. The molecule has 0 amide bonds. The number of rotatable bonds is 3. The number of anilines is 1. The van der Waals surface area contributed by atoms with E-state index in [2.05, 4.69) is 0 Å². The van der Waals surface area contributed by atoms with E-state index in [1.807, 2.05) is 54.6 Å². The van der Waals surface area contributed by atoms with Crippen LogP contribution in [0.3, 0.4) is 0 Å². The van der Waals surface area contributed by atoms with Crippen LogP contribution in [0.15, 0.2) is 59.5 Å². The average molecular weight is 231 g/mol. The van der Waals surface area contributed by atoms with E-state index in [4.69, 9.17) is 5.73 Å². The summed E-state index contributed by atoms with van der Waals surface area (Å²) < 4.78 is 12.0. The molecular weight excluding hydrogens is 218 g/mol. The van der Waals surface area contributed by atoms with E-state index >= 15 is 0 Å². The zero-order valence-corrected chi connectivity index (χ0v) is 9.61. The van der Waals surface area contributed by atoms with Crippen molar-refractivity contribution in [3.63, 3.8) is 0 Å². The molecule has 2 aromatic carbocycles. The van der Waals surface area contributed by atoms with Gasteiger partial charge in [0.2, 0.25) is 0 Å². The third-order valence-electron chi connectivity index (χ3n) is 2.28. The van der Waals surface area contributed by atoms with Crippen molar-refractivity contribution in [2.75, 3.05) is 5.73 Å². The Bertz CT molecular complexity index is 479.